The zero-order chi connectivity index (χ0) is 25.2. The van der Waals surface area contributed by atoms with E-state index in [2.05, 4.69) is 22.4 Å². The van der Waals surface area contributed by atoms with Crippen LogP contribution in [0.4, 0.5) is 10.6 Å². The third kappa shape index (κ3) is 4.78. The highest BCUT2D eigenvalue weighted by Crippen LogP contribution is 2.29. The van der Waals surface area contributed by atoms with E-state index in [0.29, 0.717) is 30.5 Å². The number of aliphatic imine (C=N–C) groups is 1. The van der Waals surface area contributed by atoms with E-state index in [1.54, 1.807) is 25.3 Å². The average molecular weight is 508 g/mol. The van der Waals surface area contributed by atoms with Gasteiger partial charge in [-0.3, -0.25) is 9.56 Å². The summed E-state index contributed by atoms with van der Waals surface area (Å²) in [5, 5.41) is 4.05. The standard InChI is InChI=1S/C27H30ClN5O3/c1-31-25-23(17-29-24(30-25)20-4-3-5-22(16-20)36-2)33(26(31)34)27(35)32-14-12-19(13-15-32)7-6-18-8-10-21(28)11-9-18/h3-5,8-11,16-17,19,24,30H,6-7,12-15H2,1-2H3. The topological polar surface area (TPSA) is 80.9 Å². The van der Waals surface area contributed by atoms with E-state index in [0.717, 1.165) is 42.0 Å². The normalized spacial score (nSPS) is 17.5. The zero-order valence-corrected chi connectivity index (χ0v) is 21.2. The molecule has 0 bridgehead atoms. The molecule has 1 aromatic heterocycles. The summed E-state index contributed by atoms with van der Waals surface area (Å²) < 4.78 is 8.03. The summed E-state index contributed by atoms with van der Waals surface area (Å²) >= 11 is 5.98. The van der Waals surface area contributed by atoms with E-state index in [1.807, 2.05) is 36.4 Å². The Kier molecular flexibility index (Phi) is 6.87. The molecular weight excluding hydrogens is 478 g/mol. The number of rotatable bonds is 5. The number of aryl methyl sites for hydroxylation is 1. The number of hydrogen-bond acceptors (Lipinski definition) is 5. The maximum atomic E-state index is 13.4. The molecule has 1 fully saturated rings. The molecule has 0 saturated carbocycles. The van der Waals surface area contributed by atoms with Crippen molar-refractivity contribution >= 4 is 29.7 Å². The maximum Gasteiger partial charge on any atom is 0.338 e. The number of nitrogens with zero attached hydrogens (tertiary/aromatic N) is 4. The highest BCUT2D eigenvalue weighted by Gasteiger charge is 2.31. The van der Waals surface area contributed by atoms with Gasteiger partial charge in [0.1, 0.15) is 23.4 Å². The Morgan fingerprint density at radius 1 is 1.17 bits per heavy atom. The molecular formula is C27H30ClN5O3. The van der Waals surface area contributed by atoms with Gasteiger partial charge < -0.3 is 15.0 Å². The first-order valence-electron chi connectivity index (χ1n) is 12.2. The Bertz CT molecular complexity index is 1340. The van der Waals surface area contributed by atoms with Crippen molar-refractivity contribution in [3.63, 3.8) is 0 Å². The minimum absolute atomic E-state index is 0.291. The second-order valence-corrected chi connectivity index (χ2v) is 9.83. The van der Waals surface area contributed by atoms with Crippen LogP contribution < -0.4 is 15.7 Å². The summed E-state index contributed by atoms with van der Waals surface area (Å²) in [6.07, 6.45) is 5.17. The summed E-state index contributed by atoms with van der Waals surface area (Å²) in [6.45, 7) is 1.27. The van der Waals surface area contributed by atoms with Crippen LogP contribution >= 0.6 is 11.6 Å². The fraction of sp³-hybridized carbons (Fsp3) is 0.370. The maximum absolute atomic E-state index is 13.4. The summed E-state index contributed by atoms with van der Waals surface area (Å²) in [5.41, 5.74) is 2.29. The number of amides is 1. The molecule has 3 aromatic rings. The third-order valence-electron chi connectivity index (χ3n) is 7.16. The van der Waals surface area contributed by atoms with E-state index in [4.69, 9.17) is 16.3 Å². The van der Waals surface area contributed by atoms with Crippen LogP contribution in [0.25, 0.3) is 0 Å². The SMILES string of the molecule is COc1cccc(C2N=Cc3c(n(C)c(=O)n3C(=O)N3CCC(CCc4ccc(Cl)cc4)CC3)N2)c1. The molecule has 1 N–H and O–H groups in total. The lowest BCUT2D eigenvalue weighted by molar-refractivity contribution is 0.168. The zero-order valence-electron chi connectivity index (χ0n) is 20.5. The Balaban J connectivity index is 1.26. The number of nitrogens with one attached hydrogen (secondary N) is 1. The summed E-state index contributed by atoms with van der Waals surface area (Å²) in [5.74, 6) is 1.86. The minimum Gasteiger partial charge on any atom is -0.497 e. The van der Waals surface area contributed by atoms with E-state index in [1.165, 1.54) is 14.7 Å². The van der Waals surface area contributed by atoms with Crippen molar-refractivity contribution in [1.29, 1.82) is 0 Å². The van der Waals surface area contributed by atoms with E-state index in [-0.39, 0.29) is 17.9 Å². The van der Waals surface area contributed by atoms with Gasteiger partial charge in [-0.2, -0.15) is 0 Å². The van der Waals surface area contributed by atoms with E-state index < -0.39 is 0 Å². The molecule has 2 aliphatic heterocycles. The van der Waals surface area contributed by atoms with Gasteiger partial charge >= 0.3 is 11.7 Å². The second-order valence-electron chi connectivity index (χ2n) is 9.39. The lowest BCUT2D eigenvalue weighted by atomic mass is 9.90. The quantitative estimate of drug-likeness (QED) is 0.542. The van der Waals surface area contributed by atoms with Crippen molar-refractivity contribution in [2.45, 2.75) is 31.8 Å². The van der Waals surface area contributed by atoms with Crippen molar-refractivity contribution in [2.24, 2.45) is 18.0 Å². The van der Waals surface area contributed by atoms with Crippen LogP contribution in [0.1, 0.15) is 42.2 Å². The van der Waals surface area contributed by atoms with Crippen LogP contribution in [0.5, 0.6) is 5.75 Å². The molecule has 0 radical (unpaired) electrons. The molecule has 188 valence electrons. The molecule has 0 aliphatic carbocycles. The van der Waals surface area contributed by atoms with Gasteiger partial charge in [0.2, 0.25) is 0 Å². The Morgan fingerprint density at radius 3 is 2.64 bits per heavy atom. The van der Waals surface area contributed by atoms with E-state index >= 15 is 0 Å². The van der Waals surface area contributed by atoms with Crippen LogP contribution in [0.3, 0.4) is 0 Å². The van der Waals surface area contributed by atoms with Gasteiger partial charge in [-0.1, -0.05) is 35.9 Å². The third-order valence-corrected chi connectivity index (χ3v) is 7.41. The molecule has 2 aromatic carbocycles. The number of likely N-dealkylation sites (tertiary alicyclic amines) is 1. The van der Waals surface area contributed by atoms with Crippen molar-refractivity contribution in [3.8, 4) is 5.75 Å². The number of piperidine rings is 1. The monoisotopic (exact) mass is 507 g/mol. The van der Waals surface area contributed by atoms with Gasteiger partial charge in [0, 0.05) is 25.2 Å². The van der Waals surface area contributed by atoms with Gasteiger partial charge in [0.15, 0.2) is 0 Å². The molecule has 3 heterocycles. The molecule has 1 unspecified atom stereocenters. The lowest BCUT2D eigenvalue weighted by Gasteiger charge is -2.32. The first-order valence-corrected chi connectivity index (χ1v) is 12.6. The molecule has 0 spiro atoms. The first kappa shape index (κ1) is 24.2. The largest absolute Gasteiger partial charge is 0.497 e. The number of imidazole rings is 1. The number of carbonyl (C=O) groups excluding carboxylic acids is 1. The predicted octanol–water partition coefficient (Wildman–Crippen LogP) is 4.70. The van der Waals surface area contributed by atoms with Crippen LogP contribution in [0.15, 0.2) is 58.3 Å². The van der Waals surface area contributed by atoms with Gasteiger partial charge in [-0.15, -0.1) is 0 Å². The van der Waals surface area contributed by atoms with Crippen molar-refractivity contribution in [3.05, 3.63) is 80.9 Å². The van der Waals surface area contributed by atoms with Crippen LogP contribution in [0, 0.1) is 5.92 Å². The molecule has 8 nitrogen and oxygen atoms in total. The van der Waals surface area contributed by atoms with Gasteiger partial charge in [0.25, 0.3) is 0 Å². The molecule has 2 aliphatic rings. The molecule has 1 saturated heterocycles. The highest BCUT2D eigenvalue weighted by atomic mass is 35.5. The molecule has 1 atom stereocenters. The van der Waals surface area contributed by atoms with E-state index in [9.17, 15) is 9.59 Å². The number of anilines is 1. The Labute approximate surface area is 215 Å². The van der Waals surface area contributed by atoms with Crippen LogP contribution in [-0.2, 0) is 13.5 Å². The number of ether oxygens (including phenoxy) is 1. The fourth-order valence-corrected chi connectivity index (χ4v) is 5.10. The highest BCUT2D eigenvalue weighted by molar-refractivity contribution is 6.30. The minimum atomic E-state index is -0.375. The second kappa shape index (κ2) is 10.2. The van der Waals surface area contributed by atoms with Gasteiger partial charge in [-0.05, 0) is 67.0 Å². The molecule has 5 rings (SSSR count). The van der Waals surface area contributed by atoms with Crippen LogP contribution in [-0.4, -0.2) is 46.5 Å². The average Bonchev–Trinajstić information content (AvgIpc) is 3.17. The number of carbonyl (C=O) groups is 1. The van der Waals surface area contributed by atoms with Gasteiger partial charge in [0.05, 0.1) is 13.3 Å². The number of methoxy groups -OCH3 is 1. The van der Waals surface area contributed by atoms with Crippen molar-refractivity contribution < 1.29 is 9.53 Å². The number of fused-ring (bicyclic) bond motifs is 1. The van der Waals surface area contributed by atoms with Crippen molar-refractivity contribution in [2.75, 3.05) is 25.5 Å². The molecule has 1 amide bonds. The summed E-state index contributed by atoms with van der Waals surface area (Å²) in [4.78, 5) is 32.9. The smallest absolute Gasteiger partial charge is 0.338 e. The molecule has 36 heavy (non-hydrogen) atoms. The number of benzene rings is 2. The number of halogens is 1. The number of hydrogen-bond donors (Lipinski definition) is 1. The Hall–Kier alpha value is -3.52. The van der Waals surface area contributed by atoms with Crippen LogP contribution in [0.2, 0.25) is 5.02 Å². The summed E-state index contributed by atoms with van der Waals surface area (Å²) in [6, 6.07) is 15.3. The molecule has 9 heteroatoms. The van der Waals surface area contributed by atoms with Gasteiger partial charge in [-0.25, -0.2) is 14.2 Å². The predicted molar refractivity (Wildman–Crippen MR) is 141 cm³/mol. The Morgan fingerprint density at radius 2 is 1.92 bits per heavy atom. The van der Waals surface area contributed by atoms with Crippen molar-refractivity contribution in [1.82, 2.24) is 14.0 Å². The number of aromatic nitrogens is 2. The fourth-order valence-electron chi connectivity index (χ4n) is 4.97. The first-order chi connectivity index (χ1) is 17.4. The summed E-state index contributed by atoms with van der Waals surface area (Å²) in [7, 11) is 3.29. The lowest BCUT2D eigenvalue weighted by Crippen LogP contribution is -2.44.